The number of benzene rings is 2. The molecule has 1 fully saturated rings. The fourth-order valence-electron chi connectivity index (χ4n) is 3.77. The molecule has 4 rings (SSSR count). The quantitative estimate of drug-likeness (QED) is 0.602. The molecule has 2 aromatic carbocycles. The minimum absolute atomic E-state index is 0.0612. The van der Waals surface area contributed by atoms with Crippen molar-refractivity contribution in [1.29, 1.82) is 0 Å². The summed E-state index contributed by atoms with van der Waals surface area (Å²) < 4.78 is 6.05. The third-order valence-electron chi connectivity index (χ3n) is 5.40. The van der Waals surface area contributed by atoms with E-state index in [-0.39, 0.29) is 6.10 Å². The zero-order chi connectivity index (χ0) is 19.7. The maximum absolute atomic E-state index is 6.05. The molecule has 150 valence electrons. The van der Waals surface area contributed by atoms with Crippen molar-refractivity contribution in [2.24, 2.45) is 0 Å². The third-order valence-corrected chi connectivity index (χ3v) is 5.40. The summed E-state index contributed by atoms with van der Waals surface area (Å²) in [5.41, 5.74) is 4.90. The highest BCUT2D eigenvalue weighted by molar-refractivity contribution is 5.20. The van der Waals surface area contributed by atoms with Gasteiger partial charge in [-0.15, -0.1) is 0 Å². The number of rotatable bonds is 8. The summed E-state index contributed by atoms with van der Waals surface area (Å²) in [6.45, 7) is 3.36. The van der Waals surface area contributed by atoms with Crippen molar-refractivity contribution in [3.05, 3.63) is 101 Å². The molecule has 29 heavy (non-hydrogen) atoms. The number of pyridine rings is 1. The van der Waals surface area contributed by atoms with E-state index < -0.39 is 0 Å². The predicted octanol–water partition coefficient (Wildman–Crippen LogP) is 4.38. The first-order chi connectivity index (χ1) is 14.4. The second-order valence-electron chi connectivity index (χ2n) is 7.63. The van der Waals surface area contributed by atoms with Crippen LogP contribution in [0.3, 0.4) is 0 Å². The van der Waals surface area contributed by atoms with Gasteiger partial charge in [-0.05, 0) is 41.7 Å². The van der Waals surface area contributed by atoms with E-state index in [1.54, 1.807) is 0 Å². The van der Waals surface area contributed by atoms with E-state index in [0.29, 0.717) is 6.04 Å². The van der Waals surface area contributed by atoms with Gasteiger partial charge in [-0.1, -0.05) is 60.7 Å². The van der Waals surface area contributed by atoms with Gasteiger partial charge in [-0.25, -0.2) is 0 Å². The molecule has 2 N–H and O–H groups in total. The van der Waals surface area contributed by atoms with E-state index in [1.807, 2.05) is 12.3 Å². The number of nitrogens with zero attached hydrogens (tertiary/aromatic N) is 1. The molecule has 0 saturated carbocycles. The fourth-order valence-corrected chi connectivity index (χ4v) is 3.77. The molecule has 2 atom stereocenters. The lowest BCUT2D eigenvalue weighted by atomic mass is 9.99. The molecular weight excluding hydrogens is 358 g/mol. The molecule has 0 aliphatic carbocycles. The molecule has 0 bridgehead atoms. The lowest BCUT2D eigenvalue weighted by Crippen LogP contribution is -2.36. The van der Waals surface area contributed by atoms with Crippen LogP contribution in [0.2, 0.25) is 0 Å². The van der Waals surface area contributed by atoms with E-state index >= 15 is 0 Å². The van der Waals surface area contributed by atoms with Crippen molar-refractivity contribution in [3.63, 3.8) is 0 Å². The van der Waals surface area contributed by atoms with Gasteiger partial charge in [0.05, 0.1) is 5.69 Å². The van der Waals surface area contributed by atoms with Gasteiger partial charge >= 0.3 is 0 Å². The molecule has 0 radical (unpaired) electrons. The Bertz CT molecular complexity index is 870. The van der Waals surface area contributed by atoms with Gasteiger partial charge in [-0.3, -0.25) is 4.98 Å². The zero-order valence-electron chi connectivity index (χ0n) is 16.8. The molecule has 1 aliphatic rings. The van der Waals surface area contributed by atoms with Gasteiger partial charge in [0.15, 0.2) is 0 Å². The maximum Gasteiger partial charge on any atom is 0.101 e. The molecule has 3 aromatic rings. The predicted molar refractivity (Wildman–Crippen MR) is 116 cm³/mol. The SMILES string of the molecule is c1ccc(CNCc2ccnc(C3CC(NCc4ccccc4)CCO3)c2)cc1. The first kappa shape index (κ1) is 19.8. The van der Waals surface area contributed by atoms with Crippen molar-refractivity contribution in [1.82, 2.24) is 15.6 Å². The summed E-state index contributed by atoms with van der Waals surface area (Å²) >= 11 is 0. The Labute approximate surface area is 173 Å². The summed E-state index contributed by atoms with van der Waals surface area (Å²) in [6, 6.07) is 25.8. The average molecular weight is 388 g/mol. The highest BCUT2D eigenvalue weighted by atomic mass is 16.5. The largest absolute Gasteiger partial charge is 0.372 e. The van der Waals surface area contributed by atoms with Crippen LogP contribution in [-0.4, -0.2) is 17.6 Å². The number of hydrogen-bond acceptors (Lipinski definition) is 4. The Morgan fingerprint density at radius 2 is 1.52 bits per heavy atom. The van der Waals surface area contributed by atoms with Crippen LogP contribution in [0.1, 0.15) is 41.3 Å². The Morgan fingerprint density at radius 1 is 0.828 bits per heavy atom. The highest BCUT2D eigenvalue weighted by Gasteiger charge is 2.24. The monoisotopic (exact) mass is 387 g/mol. The number of nitrogens with one attached hydrogen (secondary N) is 2. The van der Waals surface area contributed by atoms with Crippen LogP contribution in [0.5, 0.6) is 0 Å². The summed E-state index contributed by atoms with van der Waals surface area (Å²) in [6.07, 6.45) is 3.97. The molecule has 0 spiro atoms. The van der Waals surface area contributed by atoms with Gasteiger partial charge in [0.1, 0.15) is 6.10 Å². The minimum atomic E-state index is 0.0612. The lowest BCUT2D eigenvalue weighted by Gasteiger charge is -2.30. The summed E-state index contributed by atoms with van der Waals surface area (Å²) in [5, 5.41) is 7.20. The van der Waals surface area contributed by atoms with Gasteiger partial charge < -0.3 is 15.4 Å². The standard InChI is InChI=1S/C25H29N3O/c1-3-7-20(8-4-1)17-26-18-22-11-13-27-24(15-22)25-16-23(12-14-29-25)28-19-21-9-5-2-6-10-21/h1-11,13,15,23,25-26,28H,12,14,16-19H2. The molecule has 1 aliphatic heterocycles. The first-order valence-electron chi connectivity index (χ1n) is 10.5. The second kappa shape index (κ2) is 10.3. The Kier molecular flexibility index (Phi) is 7.03. The van der Waals surface area contributed by atoms with Crippen molar-refractivity contribution in [2.45, 2.75) is 44.6 Å². The number of hydrogen-bond donors (Lipinski definition) is 2. The van der Waals surface area contributed by atoms with Crippen LogP contribution >= 0.6 is 0 Å². The van der Waals surface area contributed by atoms with E-state index in [2.05, 4.69) is 82.3 Å². The van der Waals surface area contributed by atoms with Gasteiger partial charge in [-0.2, -0.15) is 0 Å². The topological polar surface area (TPSA) is 46.2 Å². The van der Waals surface area contributed by atoms with Crippen molar-refractivity contribution < 1.29 is 4.74 Å². The van der Waals surface area contributed by atoms with Crippen molar-refractivity contribution >= 4 is 0 Å². The molecular formula is C25H29N3O. The van der Waals surface area contributed by atoms with Crippen LogP contribution in [0.15, 0.2) is 79.0 Å². The van der Waals surface area contributed by atoms with Crippen LogP contribution in [0.25, 0.3) is 0 Å². The molecule has 2 heterocycles. The Hall–Kier alpha value is -2.53. The Balaban J connectivity index is 1.30. The van der Waals surface area contributed by atoms with E-state index in [1.165, 1.54) is 16.7 Å². The van der Waals surface area contributed by atoms with Crippen molar-refractivity contribution in [3.8, 4) is 0 Å². The smallest absolute Gasteiger partial charge is 0.101 e. The first-order valence-corrected chi connectivity index (χ1v) is 10.5. The van der Waals surface area contributed by atoms with Crippen molar-refractivity contribution in [2.75, 3.05) is 6.61 Å². The lowest BCUT2D eigenvalue weighted by molar-refractivity contribution is -0.00255. The van der Waals surface area contributed by atoms with Crippen LogP contribution in [-0.2, 0) is 24.4 Å². The minimum Gasteiger partial charge on any atom is -0.372 e. The summed E-state index contributed by atoms with van der Waals surface area (Å²) in [7, 11) is 0. The molecule has 1 saturated heterocycles. The third kappa shape index (κ3) is 5.97. The zero-order valence-corrected chi connectivity index (χ0v) is 16.8. The fraction of sp³-hybridized carbons (Fsp3) is 0.320. The van der Waals surface area contributed by atoms with E-state index in [4.69, 9.17) is 4.74 Å². The molecule has 1 aromatic heterocycles. The average Bonchev–Trinajstić information content (AvgIpc) is 2.80. The molecule has 2 unspecified atom stereocenters. The number of aromatic nitrogens is 1. The maximum atomic E-state index is 6.05. The van der Waals surface area contributed by atoms with Crippen LogP contribution in [0, 0.1) is 0 Å². The highest BCUT2D eigenvalue weighted by Crippen LogP contribution is 2.27. The van der Waals surface area contributed by atoms with Crippen LogP contribution < -0.4 is 10.6 Å². The van der Waals surface area contributed by atoms with E-state index in [9.17, 15) is 0 Å². The molecule has 4 nitrogen and oxygen atoms in total. The summed E-state index contributed by atoms with van der Waals surface area (Å²) in [4.78, 5) is 4.60. The Morgan fingerprint density at radius 3 is 2.28 bits per heavy atom. The van der Waals surface area contributed by atoms with Gasteiger partial charge in [0.2, 0.25) is 0 Å². The van der Waals surface area contributed by atoms with E-state index in [0.717, 1.165) is 44.8 Å². The normalized spacial score (nSPS) is 19.2. The summed E-state index contributed by atoms with van der Waals surface area (Å²) in [5.74, 6) is 0. The molecule has 4 heteroatoms. The molecule has 0 amide bonds. The van der Waals surface area contributed by atoms with Gasteiger partial charge in [0, 0.05) is 38.5 Å². The van der Waals surface area contributed by atoms with Crippen LogP contribution in [0.4, 0.5) is 0 Å². The van der Waals surface area contributed by atoms with Gasteiger partial charge in [0.25, 0.3) is 0 Å². The second-order valence-corrected chi connectivity index (χ2v) is 7.63. The number of ether oxygens (including phenoxy) is 1.